The standard InChI is InChI=1S/C24H19N3O2/c1-26-15-16-4-6-18(7-5-16)21-13-20(14-22(27-21)23-3-2-12-29-23)17-8-10-19(11-9-17)24(25)28/h2-15H,1H3,(H2,25,28). The second kappa shape index (κ2) is 7.94. The van der Waals surface area contributed by atoms with Crippen LogP contribution in [0.1, 0.15) is 15.9 Å². The number of nitrogens with zero attached hydrogens (tertiary/aromatic N) is 2. The number of pyridine rings is 1. The fraction of sp³-hybridized carbons (Fsp3) is 0.0417. The lowest BCUT2D eigenvalue weighted by atomic mass is 10.00. The molecule has 0 atom stereocenters. The van der Waals surface area contributed by atoms with Crippen molar-refractivity contribution in [3.05, 3.63) is 90.2 Å². The van der Waals surface area contributed by atoms with Crippen LogP contribution in [0.2, 0.25) is 0 Å². The molecule has 0 aliphatic carbocycles. The van der Waals surface area contributed by atoms with E-state index in [2.05, 4.69) is 4.99 Å². The predicted molar refractivity (Wildman–Crippen MR) is 115 cm³/mol. The molecule has 0 fully saturated rings. The molecule has 2 aromatic heterocycles. The number of hydrogen-bond acceptors (Lipinski definition) is 4. The Labute approximate surface area is 168 Å². The van der Waals surface area contributed by atoms with E-state index in [1.165, 1.54) is 0 Å². The molecule has 0 radical (unpaired) electrons. The summed E-state index contributed by atoms with van der Waals surface area (Å²) < 4.78 is 5.56. The third-order valence-electron chi connectivity index (χ3n) is 4.59. The van der Waals surface area contributed by atoms with Gasteiger partial charge < -0.3 is 10.2 Å². The molecule has 0 saturated carbocycles. The first-order valence-electron chi connectivity index (χ1n) is 9.13. The highest BCUT2D eigenvalue weighted by Gasteiger charge is 2.11. The zero-order valence-electron chi connectivity index (χ0n) is 15.9. The number of furan rings is 1. The van der Waals surface area contributed by atoms with E-state index in [0.29, 0.717) is 11.3 Å². The van der Waals surface area contributed by atoms with Gasteiger partial charge in [-0.25, -0.2) is 4.98 Å². The number of amides is 1. The van der Waals surface area contributed by atoms with E-state index in [1.807, 2.05) is 66.9 Å². The number of aromatic nitrogens is 1. The van der Waals surface area contributed by atoms with Gasteiger partial charge >= 0.3 is 0 Å². The number of aliphatic imine (C=N–C) groups is 1. The van der Waals surface area contributed by atoms with Crippen molar-refractivity contribution in [2.24, 2.45) is 10.7 Å². The van der Waals surface area contributed by atoms with Crippen LogP contribution in [0.5, 0.6) is 0 Å². The lowest BCUT2D eigenvalue weighted by Crippen LogP contribution is -2.10. The molecule has 2 heterocycles. The van der Waals surface area contributed by atoms with Gasteiger partial charge in [0, 0.05) is 24.4 Å². The molecule has 5 heteroatoms. The summed E-state index contributed by atoms with van der Waals surface area (Å²) in [5, 5.41) is 0. The van der Waals surface area contributed by atoms with Crippen LogP contribution in [0, 0.1) is 0 Å². The van der Waals surface area contributed by atoms with E-state index >= 15 is 0 Å². The van der Waals surface area contributed by atoms with Crippen molar-refractivity contribution < 1.29 is 9.21 Å². The molecule has 0 spiro atoms. The number of rotatable bonds is 5. The minimum atomic E-state index is -0.445. The quantitative estimate of drug-likeness (QED) is 0.503. The largest absolute Gasteiger partial charge is 0.463 e. The molecular weight excluding hydrogens is 362 g/mol. The van der Waals surface area contributed by atoms with E-state index in [-0.39, 0.29) is 0 Å². The van der Waals surface area contributed by atoms with Crippen molar-refractivity contribution in [3.8, 4) is 33.8 Å². The first kappa shape index (κ1) is 18.4. The molecule has 0 unspecified atom stereocenters. The Morgan fingerprint density at radius 1 is 0.931 bits per heavy atom. The third-order valence-corrected chi connectivity index (χ3v) is 4.59. The van der Waals surface area contributed by atoms with Gasteiger partial charge in [-0.05, 0) is 53.1 Å². The summed E-state index contributed by atoms with van der Waals surface area (Å²) in [6.45, 7) is 0. The van der Waals surface area contributed by atoms with Crippen LogP contribution in [0.15, 0.2) is 88.5 Å². The third kappa shape index (κ3) is 3.99. The number of hydrogen-bond donors (Lipinski definition) is 1. The average molecular weight is 381 g/mol. The van der Waals surface area contributed by atoms with Gasteiger partial charge in [-0.3, -0.25) is 9.79 Å². The molecule has 4 rings (SSSR count). The van der Waals surface area contributed by atoms with Crippen LogP contribution < -0.4 is 5.73 Å². The highest BCUT2D eigenvalue weighted by molar-refractivity contribution is 5.93. The molecule has 1 amide bonds. The zero-order chi connectivity index (χ0) is 20.2. The summed E-state index contributed by atoms with van der Waals surface area (Å²) in [5.74, 6) is 0.246. The maximum absolute atomic E-state index is 11.4. The Hall–Kier alpha value is -3.99. The van der Waals surface area contributed by atoms with Crippen LogP contribution in [0.4, 0.5) is 0 Å². The molecule has 2 N–H and O–H groups in total. The second-order valence-corrected chi connectivity index (χ2v) is 6.55. The molecule has 0 saturated heterocycles. The van der Waals surface area contributed by atoms with Gasteiger partial charge in [0.25, 0.3) is 0 Å². The second-order valence-electron chi connectivity index (χ2n) is 6.55. The number of carbonyl (C=O) groups is 1. The molecule has 142 valence electrons. The summed E-state index contributed by atoms with van der Waals surface area (Å²) in [6, 6.07) is 23.0. The average Bonchev–Trinajstić information content (AvgIpc) is 3.29. The van der Waals surface area contributed by atoms with Crippen LogP contribution in [-0.2, 0) is 0 Å². The SMILES string of the molecule is CN=Cc1ccc(-c2cc(-c3ccc(C(N)=O)cc3)cc(-c3ccco3)n2)cc1. The van der Waals surface area contributed by atoms with Crippen molar-refractivity contribution >= 4 is 12.1 Å². The molecular formula is C24H19N3O2. The maximum atomic E-state index is 11.4. The first-order valence-corrected chi connectivity index (χ1v) is 9.13. The van der Waals surface area contributed by atoms with Crippen LogP contribution in [0.3, 0.4) is 0 Å². The summed E-state index contributed by atoms with van der Waals surface area (Å²) in [4.78, 5) is 20.2. The Morgan fingerprint density at radius 2 is 1.62 bits per heavy atom. The number of nitrogens with two attached hydrogens (primary N) is 1. The van der Waals surface area contributed by atoms with Crippen molar-refractivity contribution in [2.75, 3.05) is 7.05 Å². The highest BCUT2D eigenvalue weighted by Crippen LogP contribution is 2.30. The van der Waals surface area contributed by atoms with Gasteiger partial charge in [-0.2, -0.15) is 0 Å². The molecule has 29 heavy (non-hydrogen) atoms. The van der Waals surface area contributed by atoms with Gasteiger partial charge in [0.05, 0.1) is 12.0 Å². The fourth-order valence-corrected chi connectivity index (χ4v) is 3.11. The fourth-order valence-electron chi connectivity index (χ4n) is 3.11. The summed E-state index contributed by atoms with van der Waals surface area (Å²) >= 11 is 0. The van der Waals surface area contributed by atoms with E-state index in [0.717, 1.165) is 33.6 Å². The minimum Gasteiger partial charge on any atom is -0.463 e. The molecule has 4 aromatic rings. The number of primary amides is 1. The van der Waals surface area contributed by atoms with Crippen molar-refractivity contribution in [1.29, 1.82) is 0 Å². The maximum Gasteiger partial charge on any atom is 0.248 e. The van der Waals surface area contributed by atoms with Crippen molar-refractivity contribution in [2.45, 2.75) is 0 Å². The van der Waals surface area contributed by atoms with Gasteiger partial charge in [0.2, 0.25) is 5.91 Å². The molecule has 0 aliphatic heterocycles. The molecule has 5 nitrogen and oxygen atoms in total. The van der Waals surface area contributed by atoms with E-state index in [4.69, 9.17) is 15.1 Å². The normalized spacial score (nSPS) is 11.1. The Morgan fingerprint density at radius 3 is 2.24 bits per heavy atom. The Kier molecular flexibility index (Phi) is 5.03. The number of carbonyl (C=O) groups excluding carboxylic acids is 1. The Balaban J connectivity index is 1.82. The van der Waals surface area contributed by atoms with Gasteiger partial charge in [-0.1, -0.05) is 36.4 Å². The predicted octanol–water partition coefficient (Wildman–Crippen LogP) is 4.82. The Bertz CT molecular complexity index is 1160. The van der Waals surface area contributed by atoms with Crippen LogP contribution in [0.25, 0.3) is 33.8 Å². The molecule has 0 aliphatic rings. The van der Waals surface area contributed by atoms with Gasteiger partial charge in [-0.15, -0.1) is 0 Å². The monoisotopic (exact) mass is 381 g/mol. The lowest BCUT2D eigenvalue weighted by Gasteiger charge is -2.09. The van der Waals surface area contributed by atoms with Crippen molar-refractivity contribution in [3.63, 3.8) is 0 Å². The summed E-state index contributed by atoms with van der Waals surface area (Å²) in [7, 11) is 1.75. The summed E-state index contributed by atoms with van der Waals surface area (Å²) in [6.07, 6.45) is 3.44. The van der Waals surface area contributed by atoms with E-state index in [1.54, 1.807) is 25.4 Å². The zero-order valence-corrected chi connectivity index (χ0v) is 15.9. The van der Waals surface area contributed by atoms with Crippen LogP contribution >= 0.6 is 0 Å². The highest BCUT2D eigenvalue weighted by atomic mass is 16.3. The van der Waals surface area contributed by atoms with Crippen molar-refractivity contribution in [1.82, 2.24) is 4.98 Å². The van der Waals surface area contributed by atoms with Gasteiger partial charge in [0.15, 0.2) is 5.76 Å². The molecule has 0 bridgehead atoms. The number of benzene rings is 2. The topological polar surface area (TPSA) is 81.5 Å². The van der Waals surface area contributed by atoms with Gasteiger partial charge in [0.1, 0.15) is 5.69 Å². The van der Waals surface area contributed by atoms with E-state index in [9.17, 15) is 4.79 Å². The smallest absolute Gasteiger partial charge is 0.248 e. The van der Waals surface area contributed by atoms with E-state index < -0.39 is 5.91 Å². The first-order chi connectivity index (χ1) is 14.1. The van der Waals surface area contributed by atoms with Crippen LogP contribution in [-0.4, -0.2) is 24.2 Å². The molecule has 2 aromatic carbocycles. The minimum absolute atomic E-state index is 0.445. The lowest BCUT2D eigenvalue weighted by molar-refractivity contribution is 0.100. The summed E-state index contributed by atoms with van der Waals surface area (Å²) in [5.41, 5.74) is 11.3.